The van der Waals surface area contributed by atoms with E-state index in [4.69, 9.17) is 0 Å². The van der Waals surface area contributed by atoms with Crippen molar-refractivity contribution in [3.05, 3.63) is 58.5 Å². The van der Waals surface area contributed by atoms with Gasteiger partial charge in [-0.25, -0.2) is 0 Å². The Balaban J connectivity index is 0.000000207. The maximum absolute atomic E-state index is 9.40. The van der Waals surface area contributed by atoms with E-state index in [2.05, 4.69) is 57.3 Å². The number of benzene rings is 1. The largest absolute Gasteiger partial charge is 0.379 e. The number of rotatable bonds is 7. The van der Waals surface area contributed by atoms with Gasteiger partial charge in [0.1, 0.15) is 11.1 Å². The van der Waals surface area contributed by atoms with Crippen molar-refractivity contribution in [3.8, 4) is 6.07 Å². The van der Waals surface area contributed by atoms with E-state index >= 15 is 0 Å². The fourth-order valence-electron chi connectivity index (χ4n) is 4.79. The van der Waals surface area contributed by atoms with Crippen LogP contribution in [0.15, 0.2) is 36.9 Å². The standard InChI is InChI=1S/C16H23N3S.C9H9.CH4N.Hg/c1-18-16-13(9-17)14-11-19(8-7-15(14)20-16)10-12-5-3-2-4-6-12;1-2-6-9-7-4-3-5-8-9;1-2;/h12,18H,2-8,10-11H2,1H3;2,4-5,7-8H,1,6H2;2H,1H3;/q;;-1;+1. The predicted octanol–water partition coefficient (Wildman–Crippen LogP) is 4.86. The second kappa shape index (κ2) is 13.5. The SMILES string of the molecule is C=CCc1cc[c]([Hg][NH]C)cc1.CNc1sc2c(c1C#N)CN(CC1CCCCC1)CC2. The summed E-state index contributed by atoms with van der Waals surface area (Å²) in [5.74, 6) is 0.887. The van der Waals surface area contributed by atoms with Crippen molar-refractivity contribution < 1.29 is 24.9 Å². The molecular weight excluding hydrogens is 601 g/mol. The third kappa shape index (κ3) is 7.15. The van der Waals surface area contributed by atoms with Gasteiger partial charge in [-0.05, 0) is 25.2 Å². The van der Waals surface area contributed by atoms with Crippen LogP contribution in [-0.2, 0) is 44.3 Å². The Morgan fingerprint density at radius 3 is 2.59 bits per heavy atom. The summed E-state index contributed by atoms with van der Waals surface area (Å²) in [6, 6.07) is 11.3. The molecule has 2 aromatic rings. The molecule has 0 unspecified atom stereocenters. The van der Waals surface area contributed by atoms with Crippen molar-refractivity contribution in [2.24, 2.45) is 5.92 Å². The molecule has 1 aliphatic carbocycles. The maximum Gasteiger partial charge on any atom is 0.107 e. The fourth-order valence-corrected chi connectivity index (χ4v) is 9.31. The molecule has 0 atom stereocenters. The second-order valence-electron chi connectivity index (χ2n) is 8.90. The summed E-state index contributed by atoms with van der Waals surface area (Å²) in [5, 5.41) is 13.6. The molecule has 4 rings (SSSR count). The Morgan fingerprint density at radius 2 is 1.97 bits per heavy atom. The molecule has 0 spiro atoms. The van der Waals surface area contributed by atoms with E-state index in [1.165, 1.54) is 54.7 Å². The Labute approximate surface area is 211 Å². The van der Waals surface area contributed by atoms with E-state index in [0.717, 1.165) is 42.4 Å². The molecule has 1 saturated carbocycles. The Morgan fingerprint density at radius 1 is 1.22 bits per heavy atom. The molecule has 168 valence electrons. The van der Waals surface area contributed by atoms with Crippen LogP contribution in [0.3, 0.4) is 0 Å². The molecule has 0 amide bonds. The summed E-state index contributed by atoms with van der Waals surface area (Å²) in [6.45, 7) is 7.09. The first kappa shape index (κ1) is 25.4. The average Bonchev–Trinajstić information content (AvgIpc) is 3.19. The average molecular weight is 637 g/mol. The zero-order chi connectivity index (χ0) is 22.8. The Hall–Kier alpha value is -1.19. The third-order valence-corrected chi connectivity index (χ3v) is 12.6. The molecule has 32 heavy (non-hydrogen) atoms. The molecule has 0 saturated heterocycles. The molecule has 2 N–H and O–H groups in total. The van der Waals surface area contributed by atoms with Gasteiger partial charge in [-0.2, -0.15) is 5.26 Å². The van der Waals surface area contributed by atoms with Crippen LogP contribution < -0.4 is 11.5 Å². The van der Waals surface area contributed by atoms with E-state index < -0.39 is 24.9 Å². The maximum atomic E-state index is 9.40. The quantitative estimate of drug-likeness (QED) is 0.337. The van der Waals surface area contributed by atoms with Crippen molar-refractivity contribution in [2.45, 2.75) is 51.5 Å². The van der Waals surface area contributed by atoms with Crippen LogP contribution in [0.25, 0.3) is 0 Å². The molecule has 2 aliphatic rings. The van der Waals surface area contributed by atoms with Gasteiger partial charge in [0.2, 0.25) is 0 Å². The summed E-state index contributed by atoms with van der Waals surface area (Å²) >= 11 is 0.880. The Kier molecular flexibility index (Phi) is 10.7. The van der Waals surface area contributed by atoms with Gasteiger partial charge < -0.3 is 5.32 Å². The number of hydrogen-bond acceptors (Lipinski definition) is 5. The topological polar surface area (TPSA) is 51.1 Å². The first-order valence-electron chi connectivity index (χ1n) is 12.0. The van der Waals surface area contributed by atoms with Crippen molar-refractivity contribution >= 4 is 19.4 Å². The first-order valence-corrected chi connectivity index (χ1v) is 18.3. The summed E-state index contributed by atoms with van der Waals surface area (Å²) in [7, 11) is 3.97. The third-order valence-electron chi connectivity index (χ3n) is 6.49. The smallest absolute Gasteiger partial charge is 0.107 e. The normalized spacial score (nSPS) is 16.2. The number of thiophene rings is 1. The van der Waals surface area contributed by atoms with Gasteiger partial charge in [-0.3, -0.25) is 4.90 Å². The van der Waals surface area contributed by atoms with Crippen LogP contribution >= 0.6 is 11.3 Å². The van der Waals surface area contributed by atoms with Crippen molar-refractivity contribution in [1.82, 2.24) is 7.98 Å². The number of nitriles is 1. The number of allylic oxidation sites excluding steroid dienone is 1. The van der Waals surface area contributed by atoms with Gasteiger partial charge in [0, 0.05) is 37.1 Å². The van der Waals surface area contributed by atoms with Gasteiger partial charge in [-0.1, -0.05) is 19.3 Å². The minimum Gasteiger partial charge on any atom is -0.379 e. The number of hydrogen-bond donors (Lipinski definition) is 2. The molecule has 1 aliphatic heterocycles. The van der Waals surface area contributed by atoms with Crippen molar-refractivity contribution in [2.75, 3.05) is 32.5 Å². The van der Waals surface area contributed by atoms with E-state index in [1.807, 2.05) is 13.1 Å². The van der Waals surface area contributed by atoms with Gasteiger partial charge in [0.05, 0.1) is 5.56 Å². The summed E-state index contributed by atoms with van der Waals surface area (Å²) in [4.78, 5) is 4.00. The number of nitrogens with zero attached hydrogens (tertiary/aromatic N) is 2. The van der Waals surface area contributed by atoms with Crippen LogP contribution in [0.4, 0.5) is 5.00 Å². The van der Waals surface area contributed by atoms with Crippen LogP contribution in [0.2, 0.25) is 0 Å². The fraction of sp³-hybridized carbons (Fsp3) is 0.500. The predicted molar refractivity (Wildman–Crippen MR) is 133 cm³/mol. The monoisotopic (exact) mass is 638 g/mol. The van der Waals surface area contributed by atoms with Crippen LogP contribution in [-0.4, -0.2) is 32.1 Å². The molecule has 1 aromatic heterocycles. The summed E-state index contributed by atoms with van der Waals surface area (Å²) in [5.41, 5.74) is 3.54. The minimum absolute atomic E-state index is 0.887. The molecule has 0 bridgehead atoms. The van der Waals surface area contributed by atoms with Gasteiger partial charge in [-0.15, -0.1) is 11.3 Å². The van der Waals surface area contributed by atoms with E-state index in [1.54, 1.807) is 14.4 Å². The van der Waals surface area contributed by atoms with Gasteiger partial charge >= 0.3 is 87.0 Å². The summed E-state index contributed by atoms with van der Waals surface area (Å²) in [6.07, 6.45) is 11.1. The zero-order valence-electron chi connectivity index (χ0n) is 19.8. The van der Waals surface area contributed by atoms with Gasteiger partial charge in [0.25, 0.3) is 0 Å². The van der Waals surface area contributed by atoms with E-state index in [0.29, 0.717) is 0 Å². The minimum atomic E-state index is -0.894. The van der Waals surface area contributed by atoms with Gasteiger partial charge in [0.15, 0.2) is 0 Å². The summed E-state index contributed by atoms with van der Waals surface area (Å²) < 4.78 is 4.88. The number of anilines is 1. The molecule has 6 heteroatoms. The van der Waals surface area contributed by atoms with E-state index in [-0.39, 0.29) is 0 Å². The van der Waals surface area contributed by atoms with Crippen LogP contribution in [0, 0.1) is 17.2 Å². The first-order chi connectivity index (χ1) is 15.7. The number of nitrogens with one attached hydrogen (secondary N) is 2. The van der Waals surface area contributed by atoms with Crippen LogP contribution in [0.5, 0.6) is 0 Å². The van der Waals surface area contributed by atoms with Crippen molar-refractivity contribution in [3.63, 3.8) is 0 Å². The Bertz CT molecular complexity index is 894. The zero-order valence-corrected chi connectivity index (χ0v) is 26.1. The van der Waals surface area contributed by atoms with Crippen LogP contribution in [0.1, 0.15) is 53.7 Å². The molecule has 1 aromatic carbocycles. The molecule has 4 nitrogen and oxygen atoms in total. The molecule has 0 radical (unpaired) electrons. The van der Waals surface area contributed by atoms with Crippen molar-refractivity contribution in [1.29, 1.82) is 5.26 Å². The second-order valence-corrected chi connectivity index (χ2v) is 17.3. The molecular formula is C26H36HgN4S. The van der Waals surface area contributed by atoms with E-state index in [9.17, 15) is 5.26 Å². The molecule has 2 heterocycles. The number of fused-ring (bicyclic) bond motifs is 1. The molecule has 1 fully saturated rings.